The van der Waals surface area contributed by atoms with Crippen molar-refractivity contribution in [3.8, 4) is 0 Å². The van der Waals surface area contributed by atoms with Crippen molar-refractivity contribution in [1.82, 2.24) is 9.97 Å². The summed E-state index contributed by atoms with van der Waals surface area (Å²) in [6, 6.07) is 4.22. The monoisotopic (exact) mass is 185 g/mol. The van der Waals surface area contributed by atoms with E-state index in [1.807, 2.05) is 6.92 Å². The first-order valence-electron chi connectivity index (χ1n) is 4.76. The van der Waals surface area contributed by atoms with Crippen LogP contribution in [0.2, 0.25) is 0 Å². The molecule has 3 nitrogen and oxygen atoms in total. The van der Waals surface area contributed by atoms with Crippen LogP contribution in [-0.2, 0) is 6.42 Å². The summed E-state index contributed by atoms with van der Waals surface area (Å²) >= 11 is 0. The van der Waals surface area contributed by atoms with E-state index in [2.05, 4.69) is 34.0 Å². The molecule has 70 valence electrons. The maximum Gasteiger partial charge on any atom is 0.114 e. The molecular formula is C11H11N3. The zero-order chi connectivity index (χ0) is 9.71. The average molecular weight is 185 g/mol. The van der Waals surface area contributed by atoms with Gasteiger partial charge < -0.3 is 4.98 Å². The van der Waals surface area contributed by atoms with E-state index in [1.165, 1.54) is 11.3 Å². The Balaban J connectivity index is 2.41. The van der Waals surface area contributed by atoms with Gasteiger partial charge in [0.15, 0.2) is 0 Å². The van der Waals surface area contributed by atoms with Gasteiger partial charge in [0.05, 0.1) is 11.2 Å². The van der Waals surface area contributed by atoms with E-state index >= 15 is 0 Å². The minimum absolute atomic E-state index is 0.952. The molecule has 0 saturated carbocycles. The standard InChI is InChI=1S/C11H11N3/c1-6-5-8-3-4-9-11(10(8)12-6)14-7(2)13-9/h3-4H,5H2,1-2H3,(H,13,14). The third kappa shape index (κ3) is 0.923. The number of imidazole rings is 1. The second kappa shape index (κ2) is 2.44. The van der Waals surface area contributed by atoms with Crippen molar-refractivity contribution in [2.75, 3.05) is 0 Å². The molecule has 2 heterocycles. The molecule has 1 aliphatic rings. The Bertz CT molecular complexity index is 549. The molecule has 2 aromatic rings. The van der Waals surface area contributed by atoms with Crippen LogP contribution in [0.4, 0.5) is 5.69 Å². The molecule has 0 atom stereocenters. The van der Waals surface area contributed by atoms with Crippen molar-refractivity contribution in [2.24, 2.45) is 4.99 Å². The lowest BCUT2D eigenvalue weighted by Gasteiger charge is -1.95. The summed E-state index contributed by atoms with van der Waals surface area (Å²) in [4.78, 5) is 12.2. The number of nitrogens with one attached hydrogen (secondary N) is 1. The van der Waals surface area contributed by atoms with Crippen LogP contribution in [0.15, 0.2) is 17.1 Å². The summed E-state index contributed by atoms with van der Waals surface area (Å²) in [5.74, 6) is 0.952. The molecule has 0 saturated heterocycles. The Morgan fingerprint density at radius 1 is 1.29 bits per heavy atom. The van der Waals surface area contributed by atoms with Gasteiger partial charge in [-0.15, -0.1) is 0 Å². The minimum Gasteiger partial charge on any atom is -0.342 e. The number of fused-ring (bicyclic) bond motifs is 3. The van der Waals surface area contributed by atoms with Crippen LogP contribution in [0.25, 0.3) is 11.0 Å². The number of aliphatic imine (C=N–C) groups is 1. The number of aryl methyl sites for hydroxylation is 1. The summed E-state index contributed by atoms with van der Waals surface area (Å²) < 4.78 is 0. The minimum atomic E-state index is 0.952. The van der Waals surface area contributed by atoms with Crippen molar-refractivity contribution in [1.29, 1.82) is 0 Å². The maximum atomic E-state index is 4.53. The number of benzene rings is 1. The van der Waals surface area contributed by atoms with Crippen molar-refractivity contribution in [3.05, 3.63) is 23.5 Å². The van der Waals surface area contributed by atoms with Gasteiger partial charge in [-0.25, -0.2) is 4.98 Å². The maximum absolute atomic E-state index is 4.53. The fraction of sp³-hybridized carbons (Fsp3) is 0.273. The van der Waals surface area contributed by atoms with Gasteiger partial charge in [0, 0.05) is 12.1 Å². The molecule has 14 heavy (non-hydrogen) atoms. The largest absolute Gasteiger partial charge is 0.342 e. The molecule has 3 rings (SSSR count). The van der Waals surface area contributed by atoms with Crippen molar-refractivity contribution >= 4 is 22.4 Å². The lowest BCUT2D eigenvalue weighted by Crippen LogP contribution is -1.87. The molecule has 0 bridgehead atoms. The first-order chi connectivity index (χ1) is 6.74. The Morgan fingerprint density at radius 3 is 3.00 bits per heavy atom. The highest BCUT2D eigenvalue weighted by molar-refractivity contribution is 6.00. The summed E-state index contributed by atoms with van der Waals surface area (Å²) in [5.41, 5.74) is 5.62. The molecular weight excluding hydrogens is 174 g/mol. The molecule has 0 radical (unpaired) electrons. The van der Waals surface area contributed by atoms with Crippen LogP contribution in [0.5, 0.6) is 0 Å². The number of hydrogen-bond acceptors (Lipinski definition) is 2. The molecule has 0 fully saturated rings. The number of hydrogen-bond donors (Lipinski definition) is 1. The predicted molar refractivity (Wildman–Crippen MR) is 57.3 cm³/mol. The van der Waals surface area contributed by atoms with Crippen molar-refractivity contribution < 1.29 is 0 Å². The molecule has 0 spiro atoms. The van der Waals surface area contributed by atoms with Crippen LogP contribution < -0.4 is 0 Å². The second-order valence-corrected chi connectivity index (χ2v) is 3.82. The van der Waals surface area contributed by atoms with Crippen LogP contribution in [0.1, 0.15) is 18.3 Å². The molecule has 1 aliphatic heterocycles. The lowest BCUT2D eigenvalue weighted by atomic mass is 10.1. The first kappa shape index (κ1) is 7.74. The SMILES string of the molecule is CC1=Nc2c(ccc3[nH]c(C)nc23)C1. The van der Waals surface area contributed by atoms with E-state index in [0.29, 0.717) is 0 Å². The fourth-order valence-corrected chi connectivity index (χ4v) is 2.00. The van der Waals surface area contributed by atoms with Gasteiger partial charge in [-0.3, -0.25) is 4.99 Å². The van der Waals surface area contributed by atoms with Crippen molar-refractivity contribution in [3.63, 3.8) is 0 Å². The predicted octanol–water partition coefficient (Wildman–Crippen LogP) is 2.52. The third-order valence-corrected chi connectivity index (χ3v) is 2.58. The van der Waals surface area contributed by atoms with Gasteiger partial charge in [0.25, 0.3) is 0 Å². The highest BCUT2D eigenvalue weighted by atomic mass is 14.9. The quantitative estimate of drug-likeness (QED) is 0.673. The molecule has 3 heteroatoms. The van der Waals surface area contributed by atoms with Gasteiger partial charge in [0.2, 0.25) is 0 Å². The smallest absolute Gasteiger partial charge is 0.114 e. The first-order valence-corrected chi connectivity index (χ1v) is 4.76. The normalized spacial score (nSPS) is 14.6. The summed E-state index contributed by atoms with van der Waals surface area (Å²) in [6.45, 7) is 4.03. The second-order valence-electron chi connectivity index (χ2n) is 3.82. The lowest BCUT2D eigenvalue weighted by molar-refractivity contribution is 1.17. The average Bonchev–Trinajstić information content (AvgIpc) is 2.65. The molecule has 0 aliphatic carbocycles. The summed E-state index contributed by atoms with van der Waals surface area (Å²) in [6.07, 6.45) is 0.969. The van der Waals surface area contributed by atoms with Gasteiger partial charge in [-0.2, -0.15) is 0 Å². The number of aromatic amines is 1. The number of rotatable bonds is 0. The van der Waals surface area contributed by atoms with E-state index < -0.39 is 0 Å². The molecule has 1 aromatic heterocycles. The Labute approximate surface area is 81.9 Å². The Morgan fingerprint density at radius 2 is 2.14 bits per heavy atom. The fourth-order valence-electron chi connectivity index (χ4n) is 2.00. The van der Waals surface area contributed by atoms with Gasteiger partial charge in [-0.05, 0) is 25.5 Å². The molecule has 1 N–H and O–H groups in total. The molecule has 0 amide bonds. The highest BCUT2D eigenvalue weighted by Gasteiger charge is 2.15. The Kier molecular flexibility index (Phi) is 1.35. The van der Waals surface area contributed by atoms with Gasteiger partial charge in [-0.1, -0.05) is 6.07 Å². The zero-order valence-electron chi connectivity index (χ0n) is 8.26. The van der Waals surface area contributed by atoms with Crippen LogP contribution in [-0.4, -0.2) is 15.7 Å². The molecule has 0 unspecified atom stereocenters. The van der Waals surface area contributed by atoms with E-state index in [1.54, 1.807) is 0 Å². The van der Waals surface area contributed by atoms with E-state index in [4.69, 9.17) is 0 Å². The summed E-state index contributed by atoms with van der Waals surface area (Å²) in [5, 5.41) is 0. The van der Waals surface area contributed by atoms with Crippen LogP contribution >= 0.6 is 0 Å². The number of nitrogens with zero attached hydrogens (tertiary/aromatic N) is 2. The molecule has 1 aromatic carbocycles. The van der Waals surface area contributed by atoms with Gasteiger partial charge >= 0.3 is 0 Å². The number of aromatic nitrogens is 2. The Hall–Kier alpha value is -1.64. The summed E-state index contributed by atoms with van der Waals surface area (Å²) in [7, 11) is 0. The topological polar surface area (TPSA) is 41.0 Å². The third-order valence-electron chi connectivity index (χ3n) is 2.58. The highest BCUT2D eigenvalue weighted by Crippen LogP contribution is 2.33. The zero-order valence-corrected chi connectivity index (χ0v) is 8.26. The van der Waals surface area contributed by atoms with Crippen LogP contribution in [0, 0.1) is 6.92 Å². The van der Waals surface area contributed by atoms with E-state index in [0.717, 1.165) is 29.0 Å². The number of H-pyrrole nitrogens is 1. The van der Waals surface area contributed by atoms with Crippen LogP contribution in [0.3, 0.4) is 0 Å². The van der Waals surface area contributed by atoms with E-state index in [9.17, 15) is 0 Å². The van der Waals surface area contributed by atoms with Crippen molar-refractivity contribution in [2.45, 2.75) is 20.3 Å². The van der Waals surface area contributed by atoms with E-state index in [-0.39, 0.29) is 0 Å². The van der Waals surface area contributed by atoms with Gasteiger partial charge in [0.1, 0.15) is 11.3 Å².